The third-order valence-corrected chi connectivity index (χ3v) is 4.05. The van der Waals surface area contributed by atoms with Crippen molar-refractivity contribution in [3.63, 3.8) is 0 Å². The van der Waals surface area contributed by atoms with Gasteiger partial charge in [0.2, 0.25) is 0 Å². The van der Waals surface area contributed by atoms with Gasteiger partial charge in [0.15, 0.2) is 0 Å². The van der Waals surface area contributed by atoms with Crippen LogP contribution in [0.15, 0.2) is 29.8 Å². The highest BCUT2D eigenvalue weighted by atomic mass is 19.1. The number of hydrogen-bond donors (Lipinski definition) is 1. The van der Waals surface area contributed by atoms with Crippen LogP contribution in [-0.4, -0.2) is 6.54 Å². The Bertz CT molecular complexity index is 464. The molecule has 0 amide bonds. The average molecular weight is 245 g/mol. The predicted molar refractivity (Wildman–Crippen MR) is 73.7 cm³/mol. The molecule has 0 spiro atoms. The minimum Gasteiger partial charge on any atom is -0.384 e. The number of alkyl halides is 1. The standard InChI is InChI=1S/C16H20FN/c17-15(12-6-3-1-2-4-7-12)14-9-5-8-13-10-11-18-16(13)14/h5-6,8-9,15,18H,1-4,7,10-11H2. The maximum absolute atomic E-state index is 14.7. The summed E-state index contributed by atoms with van der Waals surface area (Å²) < 4.78 is 14.7. The predicted octanol–water partition coefficient (Wildman–Crippen LogP) is 4.56. The van der Waals surface area contributed by atoms with Gasteiger partial charge in [0.1, 0.15) is 6.17 Å². The van der Waals surface area contributed by atoms with Gasteiger partial charge in [-0.25, -0.2) is 4.39 Å². The Morgan fingerprint density at radius 2 is 2.06 bits per heavy atom. The first-order valence-electron chi connectivity index (χ1n) is 7.05. The van der Waals surface area contributed by atoms with Gasteiger partial charge in [-0.05, 0) is 43.2 Å². The summed E-state index contributed by atoms with van der Waals surface area (Å²) >= 11 is 0. The number of benzene rings is 1. The number of halogens is 1. The van der Waals surface area contributed by atoms with Crippen LogP contribution in [0.5, 0.6) is 0 Å². The van der Waals surface area contributed by atoms with Crippen molar-refractivity contribution in [1.82, 2.24) is 0 Å². The van der Waals surface area contributed by atoms with Crippen molar-refractivity contribution in [1.29, 1.82) is 0 Å². The fourth-order valence-electron chi connectivity index (χ4n) is 3.05. The minimum atomic E-state index is -0.913. The Labute approximate surface area is 108 Å². The van der Waals surface area contributed by atoms with E-state index in [0.717, 1.165) is 49.1 Å². The van der Waals surface area contributed by atoms with Gasteiger partial charge in [0, 0.05) is 17.8 Å². The van der Waals surface area contributed by atoms with E-state index in [1.807, 2.05) is 12.1 Å². The summed E-state index contributed by atoms with van der Waals surface area (Å²) in [5.41, 5.74) is 4.16. The van der Waals surface area contributed by atoms with Crippen molar-refractivity contribution in [2.75, 3.05) is 11.9 Å². The average Bonchev–Trinajstić information content (AvgIpc) is 2.71. The van der Waals surface area contributed by atoms with E-state index in [1.165, 1.54) is 18.4 Å². The van der Waals surface area contributed by atoms with Gasteiger partial charge in [-0.15, -0.1) is 0 Å². The van der Waals surface area contributed by atoms with E-state index in [2.05, 4.69) is 17.5 Å². The molecule has 3 rings (SSSR count). The van der Waals surface area contributed by atoms with Crippen LogP contribution in [0.2, 0.25) is 0 Å². The SMILES string of the molecule is FC(C1=CCCCCC1)c1cccc2c1NCC2. The fraction of sp³-hybridized carbons (Fsp3) is 0.500. The van der Waals surface area contributed by atoms with Crippen LogP contribution in [-0.2, 0) is 6.42 Å². The fourth-order valence-corrected chi connectivity index (χ4v) is 3.05. The lowest BCUT2D eigenvalue weighted by Gasteiger charge is -2.16. The molecular weight excluding hydrogens is 225 g/mol. The van der Waals surface area contributed by atoms with E-state index in [0.29, 0.717) is 0 Å². The van der Waals surface area contributed by atoms with Crippen LogP contribution in [0.4, 0.5) is 10.1 Å². The van der Waals surface area contributed by atoms with Crippen molar-refractivity contribution in [3.05, 3.63) is 41.0 Å². The number of rotatable bonds is 2. The zero-order valence-corrected chi connectivity index (χ0v) is 10.7. The van der Waals surface area contributed by atoms with E-state index in [9.17, 15) is 4.39 Å². The monoisotopic (exact) mass is 245 g/mol. The Morgan fingerprint density at radius 3 is 3.00 bits per heavy atom. The summed E-state index contributed by atoms with van der Waals surface area (Å²) in [5.74, 6) is 0. The highest BCUT2D eigenvalue weighted by molar-refractivity contribution is 5.63. The first kappa shape index (κ1) is 11.8. The molecule has 0 aromatic heterocycles. The molecule has 1 unspecified atom stereocenters. The zero-order valence-electron chi connectivity index (χ0n) is 10.7. The number of fused-ring (bicyclic) bond motifs is 1. The molecule has 96 valence electrons. The second-order valence-corrected chi connectivity index (χ2v) is 5.30. The van der Waals surface area contributed by atoms with Gasteiger partial charge in [0.25, 0.3) is 0 Å². The molecule has 1 nitrogen and oxygen atoms in total. The van der Waals surface area contributed by atoms with Crippen molar-refractivity contribution in [3.8, 4) is 0 Å². The minimum absolute atomic E-state index is 0.846. The lowest BCUT2D eigenvalue weighted by molar-refractivity contribution is 0.385. The smallest absolute Gasteiger partial charge is 0.148 e. The molecule has 0 fully saturated rings. The molecule has 0 saturated carbocycles. The summed E-state index contributed by atoms with van der Waals surface area (Å²) in [4.78, 5) is 0. The first-order valence-corrected chi connectivity index (χ1v) is 7.05. The van der Waals surface area contributed by atoms with Gasteiger partial charge in [0.05, 0.1) is 0 Å². The number of anilines is 1. The molecule has 2 aliphatic rings. The quantitative estimate of drug-likeness (QED) is 0.753. The van der Waals surface area contributed by atoms with Crippen molar-refractivity contribution in [2.45, 2.75) is 44.7 Å². The van der Waals surface area contributed by atoms with Crippen molar-refractivity contribution < 1.29 is 4.39 Å². The second-order valence-electron chi connectivity index (χ2n) is 5.30. The van der Waals surface area contributed by atoms with E-state index in [1.54, 1.807) is 0 Å². The summed E-state index contributed by atoms with van der Waals surface area (Å²) in [7, 11) is 0. The molecule has 1 N–H and O–H groups in total. The van der Waals surface area contributed by atoms with Gasteiger partial charge in [-0.3, -0.25) is 0 Å². The van der Waals surface area contributed by atoms with Crippen LogP contribution in [0.25, 0.3) is 0 Å². The maximum Gasteiger partial charge on any atom is 0.148 e. The van der Waals surface area contributed by atoms with Crippen LogP contribution in [0.3, 0.4) is 0 Å². The topological polar surface area (TPSA) is 12.0 Å². The first-order chi connectivity index (χ1) is 8.86. The molecule has 1 aromatic carbocycles. The highest BCUT2D eigenvalue weighted by Crippen LogP contribution is 2.38. The lowest BCUT2D eigenvalue weighted by atomic mass is 9.96. The molecule has 0 bridgehead atoms. The van der Waals surface area contributed by atoms with Crippen molar-refractivity contribution in [2.24, 2.45) is 0 Å². The van der Waals surface area contributed by atoms with Gasteiger partial charge in [-0.2, -0.15) is 0 Å². The second kappa shape index (κ2) is 5.13. The summed E-state index contributed by atoms with van der Waals surface area (Å²) in [6.45, 7) is 0.943. The largest absolute Gasteiger partial charge is 0.384 e. The Kier molecular flexibility index (Phi) is 3.35. The number of para-hydroxylation sites is 1. The van der Waals surface area contributed by atoms with E-state index < -0.39 is 6.17 Å². The number of nitrogens with one attached hydrogen (secondary N) is 1. The van der Waals surface area contributed by atoms with E-state index in [4.69, 9.17) is 0 Å². The molecule has 2 heteroatoms. The summed E-state index contributed by atoms with van der Waals surface area (Å²) in [5, 5.41) is 3.34. The number of hydrogen-bond acceptors (Lipinski definition) is 1. The molecule has 1 aliphatic heterocycles. The van der Waals surface area contributed by atoms with Gasteiger partial charge >= 0.3 is 0 Å². The molecule has 1 aromatic rings. The van der Waals surface area contributed by atoms with Gasteiger partial charge < -0.3 is 5.32 Å². The molecule has 0 radical (unpaired) electrons. The molecule has 1 atom stereocenters. The van der Waals surface area contributed by atoms with Crippen LogP contribution in [0.1, 0.15) is 49.4 Å². The molecule has 0 saturated heterocycles. The highest BCUT2D eigenvalue weighted by Gasteiger charge is 2.23. The number of allylic oxidation sites excluding steroid dienone is 2. The molecule has 18 heavy (non-hydrogen) atoms. The van der Waals surface area contributed by atoms with Crippen LogP contribution in [0, 0.1) is 0 Å². The molecular formula is C16H20FN. The van der Waals surface area contributed by atoms with Crippen LogP contribution < -0.4 is 5.32 Å². The maximum atomic E-state index is 14.7. The zero-order chi connectivity index (χ0) is 12.4. The van der Waals surface area contributed by atoms with Gasteiger partial charge in [-0.1, -0.05) is 30.7 Å². The molecule has 1 heterocycles. The van der Waals surface area contributed by atoms with E-state index >= 15 is 0 Å². The molecule has 1 aliphatic carbocycles. The Hall–Kier alpha value is -1.31. The normalized spacial score (nSPS) is 20.6. The van der Waals surface area contributed by atoms with Crippen LogP contribution >= 0.6 is 0 Å². The summed E-state index contributed by atoms with van der Waals surface area (Å²) in [6.07, 6.45) is 7.78. The Morgan fingerprint density at radius 1 is 1.11 bits per heavy atom. The van der Waals surface area contributed by atoms with E-state index in [-0.39, 0.29) is 0 Å². The van der Waals surface area contributed by atoms with Crippen molar-refractivity contribution >= 4 is 5.69 Å². The Balaban J connectivity index is 1.90. The third-order valence-electron chi connectivity index (χ3n) is 4.05. The third kappa shape index (κ3) is 2.16. The summed E-state index contributed by atoms with van der Waals surface area (Å²) in [6, 6.07) is 6.03. The lowest BCUT2D eigenvalue weighted by Crippen LogP contribution is -2.01.